The van der Waals surface area contributed by atoms with Crippen LogP contribution in [-0.4, -0.2) is 30.3 Å². The summed E-state index contributed by atoms with van der Waals surface area (Å²) in [6.45, 7) is 9.40. The van der Waals surface area contributed by atoms with E-state index in [0.717, 1.165) is 22.4 Å². The molecule has 3 amide bonds. The van der Waals surface area contributed by atoms with Crippen LogP contribution in [0.3, 0.4) is 0 Å². The van der Waals surface area contributed by atoms with E-state index in [0.29, 0.717) is 4.88 Å². The van der Waals surface area contributed by atoms with E-state index in [-0.39, 0.29) is 30.2 Å². The fourth-order valence-electron chi connectivity index (χ4n) is 2.99. The first-order chi connectivity index (χ1) is 13.2. The van der Waals surface area contributed by atoms with Crippen LogP contribution in [0.4, 0.5) is 5.69 Å². The van der Waals surface area contributed by atoms with Crippen LogP contribution in [0.2, 0.25) is 0 Å². The lowest BCUT2D eigenvalue weighted by molar-refractivity contribution is -0.126. The van der Waals surface area contributed by atoms with Crippen LogP contribution in [0, 0.1) is 26.7 Å². The van der Waals surface area contributed by atoms with Crippen LogP contribution in [0.25, 0.3) is 0 Å². The standard InChI is InChI=1S/C21H27N3O3S/c1-12(2)18(24-20(26)16-7-6-8-28-16)21(27)22-11-17(25)23-19-14(4)9-13(3)10-15(19)5/h6-10,12,18H,11H2,1-5H3,(H,22,27)(H,23,25)(H,24,26). The number of aryl methyl sites for hydroxylation is 3. The predicted octanol–water partition coefficient (Wildman–Crippen LogP) is 3.18. The molecule has 3 N–H and O–H groups in total. The second kappa shape index (κ2) is 9.50. The summed E-state index contributed by atoms with van der Waals surface area (Å²) in [4.78, 5) is 37.6. The third kappa shape index (κ3) is 5.66. The first kappa shape index (κ1) is 21.6. The van der Waals surface area contributed by atoms with Crippen LogP contribution in [0.5, 0.6) is 0 Å². The van der Waals surface area contributed by atoms with Crippen molar-refractivity contribution >= 4 is 34.7 Å². The van der Waals surface area contributed by atoms with Gasteiger partial charge in [-0.1, -0.05) is 37.6 Å². The Morgan fingerprint density at radius 3 is 2.25 bits per heavy atom. The van der Waals surface area contributed by atoms with Crippen LogP contribution < -0.4 is 16.0 Å². The van der Waals surface area contributed by atoms with Gasteiger partial charge in [0.15, 0.2) is 0 Å². The van der Waals surface area contributed by atoms with E-state index in [1.165, 1.54) is 11.3 Å². The van der Waals surface area contributed by atoms with E-state index in [1.807, 2.05) is 46.8 Å². The first-order valence-corrected chi connectivity index (χ1v) is 10.1. The molecular weight excluding hydrogens is 374 g/mol. The number of carbonyl (C=O) groups excluding carboxylic acids is 3. The van der Waals surface area contributed by atoms with Crippen molar-refractivity contribution in [2.45, 2.75) is 40.7 Å². The summed E-state index contributed by atoms with van der Waals surface area (Å²) in [6.07, 6.45) is 0. The van der Waals surface area contributed by atoms with Crippen molar-refractivity contribution in [2.75, 3.05) is 11.9 Å². The van der Waals surface area contributed by atoms with Crippen molar-refractivity contribution in [3.05, 3.63) is 51.2 Å². The number of hydrogen-bond acceptors (Lipinski definition) is 4. The number of rotatable bonds is 7. The Morgan fingerprint density at radius 2 is 1.71 bits per heavy atom. The summed E-state index contributed by atoms with van der Waals surface area (Å²) in [6, 6.07) is 6.76. The van der Waals surface area contributed by atoms with Crippen molar-refractivity contribution in [3.8, 4) is 0 Å². The molecule has 0 aliphatic rings. The second-order valence-corrected chi connectivity index (χ2v) is 8.16. The van der Waals surface area contributed by atoms with E-state index in [9.17, 15) is 14.4 Å². The van der Waals surface area contributed by atoms with Gasteiger partial charge in [-0.2, -0.15) is 0 Å². The highest BCUT2D eigenvalue weighted by Crippen LogP contribution is 2.21. The number of thiophene rings is 1. The van der Waals surface area contributed by atoms with Crippen LogP contribution >= 0.6 is 11.3 Å². The Balaban J connectivity index is 1.95. The molecule has 1 aromatic heterocycles. The molecule has 150 valence electrons. The Morgan fingerprint density at radius 1 is 1.07 bits per heavy atom. The molecule has 0 aliphatic carbocycles. The van der Waals surface area contributed by atoms with Gasteiger partial charge in [0.25, 0.3) is 5.91 Å². The van der Waals surface area contributed by atoms with E-state index in [2.05, 4.69) is 16.0 Å². The summed E-state index contributed by atoms with van der Waals surface area (Å²) in [7, 11) is 0. The van der Waals surface area contributed by atoms with E-state index in [1.54, 1.807) is 17.5 Å². The average Bonchev–Trinajstić information content (AvgIpc) is 3.15. The van der Waals surface area contributed by atoms with E-state index < -0.39 is 6.04 Å². The molecule has 0 aliphatic heterocycles. The summed E-state index contributed by atoms with van der Waals surface area (Å²) >= 11 is 1.31. The number of hydrogen-bond donors (Lipinski definition) is 3. The molecule has 0 bridgehead atoms. The number of nitrogens with one attached hydrogen (secondary N) is 3. The molecule has 0 fully saturated rings. The van der Waals surface area contributed by atoms with Crippen LogP contribution in [-0.2, 0) is 9.59 Å². The number of anilines is 1. The summed E-state index contributed by atoms with van der Waals surface area (Å²) in [5, 5.41) is 10.0. The molecule has 0 saturated heterocycles. The van der Waals surface area contributed by atoms with Crippen molar-refractivity contribution < 1.29 is 14.4 Å². The Labute approximate surface area is 169 Å². The molecule has 1 aromatic carbocycles. The second-order valence-electron chi connectivity index (χ2n) is 7.21. The van der Waals surface area contributed by atoms with E-state index >= 15 is 0 Å². The van der Waals surface area contributed by atoms with Crippen molar-refractivity contribution in [3.63, 3.8) is 0 Å². The minimum Gasteiger partial charge on any atom is -0.345 e. The summed E-state index contributed by atoms with van der Waals surface area (Å²) in [5.74, 6) is -1.10. The van der Waals surface area contributed by atoms with Gasteiger partial charge in [-0.3, -0.25) is 14.4 Å². The molecule has 1 heterocycles. The first-order valence-electron chi connectivity index (χ1n) is 9.18. The van der Waals surface area contributed by atoms with Gasteiger partial charge in [-0.25, -0.2) is 0 Å². The molecule has 0 radical (unpaired) electrons. The maximum atomic E-state index is 12.5. The molecule has 2 aromatic rings. The van der Waals surface area contributed by atoms with Gasteiger partial charge < -0.3 is 16.0 Å². The lowest BCUT2D eigenvalue weighted by Gasteiger charge is -2.21. The van der Waals surface area contributed by atoms with Gasteiger partial charge in [-0.15, -0.1) is 11.3 Å². The zero-order valence-electron chi connectivity index (χ0n) is 16.9. The molecule has 0 spiro atoms. The van der Waals surface area contributed by atoms with Crippen molar-refractivity contribution in [1.82, 2.24) is 10.6 Å². The van der Waals surface area contributed by atoms with Gasteiger partial charge in [0.2, 0.25) is 11.8 Å². The largest absolute Gasteiger partial charge is 0.345 e. The smallest absolute Gasteiger partial charge is 0.262 e. The monoisotopic (exact) mass is 401 g/mol. The SMILES string of the molecule is Cc1cc(C)c(NC(=O)CNC(=O)C(NC(=O)c2cccs2)C(C)C)c(C)c1. The van der Waals surface area contributed by atoms with E-state index in [4.69, 9.17) is 0 Å². The third-order valence-electron chi connectivity index (χ3n) is 4.35. The molecular formula is C21H27N3O3S. The molecule has 0 saturated carbocycles. The van der Waals surface area contributed by atoms with Gasteiger partial charge in [0, 0.05) is 5.69 Å². The summed E-state index contributed by atoms with van der Waals surface area (Å²) < 4.78 is 0. The van der Waals surface area contributed by atoms with Crippen LogP contribution in [0.1, 0.15) is 40.2 Å². The minimum absolute atomic E-state index is 0.117. The molecule has 7 heteroatoms. The van der Waals surface area contributed by atoms with Gasteiger partial charge in [0.05, 0.1) is 11.4 Å². The third-order valence-corrected chi connectivity index (χ3v) is 5.21. The topological polar surface area (TPSA) is 87.3 Å². The fraction of sp³-hybridized carbons (Fsp3) is 0.381. The lowest BCUT2D eigenvalue weighted by atomic mass is 10.0. The highest BCUT2D eigenvalue weighted by molar-refractivity contribution is 7.12. The fourth-order valence-corrected chi connectivity index (χ4v) is 3.62. The van der Waals surface area contributed by atoms with Gasteiger partial charge in [0.1, 0.15) is 6.04 Å². The molecule has 2 rings (SSSR count). The van der Waals surface area contributed by atoms with Crippen molar-refractivity contribution in [2.24, 2.45) is 5.92 Å². The predicted molar refractivity (Wildman–Crippen MR) is 113 cm³/mol. The zero-order valence-corrected chi connectivity index (χ0v) is 17.7. The highest BCUT2D eigenvalue weighted by Gasteiger charge is 2.25. The van der Waals surface area contributed by atoms with Gasteiger partial charge in [-0.05, 0) is 49.3 Å². The number of benzene rings is 1. The minimum atomic E-state index is -0.717. The maximum absolute atomic E-state index is 12.5. The normalized spacial score (nSPS) is 11.8. The summed E-state index contributed by atoms with van der Waals surface area (Å²) in [5.41, 5.74) is 3.83. The molecule has 1 atom stereocenters. The van der Waals surface area contributed by atoms with Gasteiger partial charge >= 0.3 is 0 Å². The quantitative estimate of drug-likeness (QED) is 0.666. The van der Waals surface area contributed by atoms with Crippen molar-refractivity contribution in [1.29, 1.82) is 0 Å². The Kier molecular flexibility index (Phi) is 7.34. The number of carbonyl (C=O) groups is 3. The lowest BCUT2D eigenvalue weighted by Crippen LogP contribution is -2.50. The molecule has 28 heavy (non-hydrogen) atoms. The molecule has 1 unspecified atom stereocenters. The maximum Gasteiger partial charge on any atom is 0.262 e. The average molecular weight is 402 g/mol. The van der Waals surface area contributed by atoms with Crippen LogP contribution in [0.15, 0.2) is 29.6 Å². The highest BCUT2D eigenvalue weighted by atomic mass is 32.1. The Hall–Kier alpha value is -2.67. The number of amides is 3. The molecule has 6 nitrogen and oxygen atoms in total. The zero-order chi connectivity index (χ0) is 20.8. The Bertz CT molecular complexity index is 837.